The Hall–Kier alpha value is -0.550. The minimum atomic E-state index is -0.131. The zero-order valence-corrected chi connectivity index (χ0v) is 12.3. The minimum Gasteiger partial charge on any atom is -0.392 e. The molecule has 1 saturated carbocycles. The molecule has 19 heavy (non-hydrogen) atoms. The number of rotatable bonds is 7. The average Bonchev–Trinajstić information content (AvgIpc) is 2.81. The van der Waals surface area contributed by atoms with Crippen LogP contribution in [0.1, 0.15) is 24.8 Å². The van der Waals surface area contributed by atoms with Crippen LogP contribution < -0.4 is 5.32 Å². The SMILES string of the molecule is COCCNCc1cccc(SC2CCCC2O)c1. The predicted molar refractivity (Wildman–Crippen MR) is 79.5 cm³/mol. The number of methoxy groups -OCH3 is 1. The third-order valence-electron chi connectivity index (χ3n) is 3.42. The second kappa shape index (κ2) is 7.90. The van der Waals surface area contributed by atoms with E-state index in [1.54, 1.807) is 7.11 Å². The van der Waals surface area contributed by atoms with Gasteiger partial charge in [0, 0.05) is 30.3 Å². The largest absolute Gasteiger partial charge is 0.392 e. The van der Waals surface area contributed by atoms with E-state index >= 15 is 0 Å². The highest BCUT2D eigenvalue weighted by molar-refractivity contribution is 8.00. The van der Waals surface area contributed by atoms with Crippen LogP contribution in [0.15, 0.2) is 29.2 Å². The van der Waals surface area contributed by atoms with Crippen molar-refractivity contribution in [3.63, 3.8) is 0 Å². The van der Waals surface area contributed by atoms with Gasteiger partial charge in [0.25, 0.3) is 0 Å². The number of aliphatic hydroxyl groups is 1. The lowest BCUT2D eigenvalue weighted by Gasteiger charge is -2.14. The van der Waals surface area contributed by atoms with Crippen molar-refractivity contribution < 1.29 is 9.84 Å². The summed E-state index contributed by atoms with van der Waals surface area (Å²) in [5.41, 5.74) is 1.29. The summed E-state index contributed by atoms with van der Waals surface area (Å²) < 4.78 is 5.01. The first-order chi connectivity index (χ1) is 9.29. The van der Waals surface area contributed by atoms with E-state index in [-0.39, 0.29) is 6.10 Å². The molecule has 106 valence electrons. The van der Waals surface area contributed by atoms with Crippen molar-refractivity contribution in [1.29, 1.82) is 0 Å². The first-order valence-corrected chi connectivity index (χ1v) is 7.81. The lowest BCUT2D eigenvalue weighted by atomic mass is 10.2. The van der Waals surface area contributed by atoms with Crippen LogP contribution in [0.2, 0.25) is 0 Å². The molecule has 0 saturated heterocycles. The number of hydrogen-bond acceptors (Lipinski definition) is 4. The summed E-state index contributed by atoms with van der Waals surface area (Å²) in [6.45, 7) is 2.48. The molecule has 0 radical (unpaired) electrons. The van der Waals surface area contributed by atoms with E-state index in [1.807, 2.05) is 11.8 Å². The normalized spacial score (nSPS) is 22.8. The Balaban J connectivity index is 1.84. The van der Waals surface area contributed by atoms with Crippen molar-refractivity contribution >= 4 is 11.8 Å². The molecule has 1 aromatic rings. The Morgan fingerprint density at radius 1 is 1.42 bits per heavy atom. The van der Waals surface area contributed by atoms with Crippen LogP contribution in [0, 0.1) is 0 Å². The summed E-state index contributed by atoms with van der Waals surface area (Å²) >= 11 is 1.81. The number of hydrogen-bond donors (Lipinski definition) is 2. The van der Waals surface area contributed by atoms with E-state index in [0.717, 1.165) is 39.0 Å². The predicted octanol–water partition coefficient (Wildman–Crippen LogP) is 2.43. The van der Waals surface area contributed by atoms with Crippen LogP contribution in [0.3, 0.4) is 0 Å². The van der Waals surface area contributed by atoms with E-state index in [4.69, 9.17) is 4.74 Å². The molecule has 0 aliphatic heterocycles. The van der Waals surface area contributed by atoms with Crippen LogP contribution in [-0.2, 0) is 11.3 Å². The van der Waals surface area contributed by atoms with E-state index in [9.17, 15) is 5.11 Å². The molecule has 0 amide bonds. The molecule has 0 aromatic heterocycles. The van der Waals surface area contributed by atoms with Crippen molar-refractivity contribution in [3.8, 4) is 0 Å². The number of aliphatic hydroxyl groups excluding tert-OH is 1. The van der Waals surface area contributed by atoms with Crippen molar-refractivity contribution in [2.75, 3.05) is 20.3 Å². The maximum atomic E-state index is 9.87. The Bertz CT molecular complexity index is 386. The van der Waals surface area contributed by atoms with Crippen LogP contribution >= 0.6 is 11.8 Å². The zero-order valence-electron chi connectivity index (χ0n) is 11.5. The summed E-state index contributed by atoms with van der Waals surface area (Å²) in [4.78, 5) is 1.26. The summed E-state index contributed by atoms with van der Waals surface area (Å²) in [7, 11) is 1.71. The molecule has 0 spiro atoms. The Morgan fingerprint density at radius 3 is 3.05 bits per heavy atom. The maximum absolute atomic E-state index is 9.87. The van der Waals surface area contributed by atoms with Gasteiger partial charge in [-0.25, -0.2) is 0 Å². The van der Waals surface area contributed by atoms with Gasteiger partial charge in [-0.05, 0) is 37.0 Å². The minimum absolute atomic E-state index is 0.131. The molecule has 2 unspecified atom stereocenters. The van der Waals surface area contributed by atoms with Crippen LogP contribution in [0.4, 0.5) is 0 Å². The molecule has 3 nitrogen and oxygen atoms in total. The Morgan fingerprint density at radius 2 is 2.32 bits per heavy atom. The highest BCUT2D eigenvalue weighted by Crippen LogP contribution is 2.35. The molecule has 2 N–H and O–H groups in total. The van der Waals surface area contributed by atoms with Crippen molar-refractivity contribution in [2.45, 2.75) is 42.1 Å². The van der Waals surface area contributed by atoms with Gasteiger partial charge in [-0.3, -0.25) is 0 Å². The highest BCUT2D eigenvalue weighted by Gasteiger charge is 2.25. The number of benzene rings is 1. The molecule has 4 heteroatoms. The van der Waals surface area contributed by atoms with Gasteiger partial charge in [-0.2, -0.15) is 0 Å². The molecular formula is C15H23NO2S. The van der Waals surface area contributed by atoms with Gasteiger partial charge in [-0.15, -0.1) is 11.8 Å². The van der Waals surface area contributed by atoms with Crippen LogP contribution in [0.5, 0.6) is 0 Å². The lowest BCUT2D eigenvalue weighted by molar-refractivity contribution is 0.188. The second-order valence-electron chi connectivity index (χ2n) is 4.97. The highest BCUT2D eigenvalue weighted by atomic mass is 32.2. The molecule has 1 fully saturated rings. The Kier molecular flexibility index (Phi) is 6.17. The van der Waals surface area contributed by atoms with E-state index < -0.39 is 0 Å². The fraction of sp³-hybridized carbons (Fsp3) is 0.600. The first kappa shape index (κ1) is 14.9. The fourth-order valence-corrected chi connectivity index (χ4v) is 3.66. The molecule has 0 bridgehead atoms. The summed E-state index contributed by atoms with van der Waals surface area (Å²) in [5.74, 6) is 0. The second-order valence-corrected chi connectivity index (χ2v) is 6.28. The topological polar surface area (TPSA) is 41.5 Å². The average molecular weight is 281 g/mol. The van der Waals surface area contributed by atoms with Crippen LogP contribution in [0.25, 0.3) is 0 Å². The molecule has 1 aromatic carbocycles. The van der Waals surface area contributed by atoms with Gasteiger partial charge in [0.05, 0.1) is 12.7 Å². The standard InChI is InChI=1S/C15H23NO2S/c1-18-9-8-16-11-12-4-2-5-13(10-12)19-15-7-3-6-14(15)17/h2,4-5,10,14-17H,3,6-9,11H2,1H3. The molecule has 1 aliphatic rings. The van der Waals surface area contributed by atoms with E-state index in [2.05, 4.69) is 29.6 Å². The third kappa shape index (κ3) is 4.80. The van der Waals surface area contributed by atoms with Gasteiger partial charge in [0.1, 0.15) is 0 Å². The molecular weight excluding hydrogens is 258 g/mol. The maximum Gasteiger partial charge on any atom is 0.0662 e. The van der Waals surface area contributed by atoms with Gasteiger partial charge in [0.15, 0.2) is 0 Å². The van der Waals surface area contributed by atoms with Crippen LogP contribution in [-0.4, -0.2) is 36.7 Å². The molecule has 1 aliphatic carbocycles. The van der Waals surface area contributed by atoms with Gasteiger partial charge < -0.3 is 15.2 Å². The van der Waals surface area contributed by atoms with E-state index in [0.29, 0.717) is 5.25 Å². The number of nitrogens with one attached hydrogen (secondary N) is 1. The molecule has 0 heterocycles. The number of thioether (sulfide) groups is 1. The fourth-order valence-electron chi connectivity index (χ4n) is 2.35. The smallest absolute Gasteiger partial charge is 0.0662 e. The lowest BCUT2D eigenvalue weighted by Crippen LogP contribution is -2.18. The molecule has 2 atom stereocenters. The van der Waals surface area contributed by atoms with Crippen molar-refractivity contribution in [1.82, 2.24) is 5.32 Å². The number of ether oxygens (including phenoxy) is 1. The van der Waals surface area contributed by atoms with Crippen molar-refractivity contribution in [3.05, 3.63) is 29.8 Å². The van der Waals surface area contributed by atoms with Gasteiger partial charge >= 0.3 is 0 Å². The quantitative estimate of drug-likeness (QED) is 0.753. The first-order valence-electron chi connectivity index (χ1n) is 6.93. The summed E-state index contributed by atoms with van der Waals surface area (Å²) in [5, 5.41) is 13.6. The molecule has 2 rings (SSSR count). The Labute approximate surface area is 119 Å². The van der Waals surface area contributed by atoms with Crippen molar-refractivity contribution in [2.24, 2.45) is 0 Å². The monoisotopic (exact) mass is 281 g/mol. The van der Waals surface area contributed by atoms with E-state index in [1.165, 1.54) is 10.5 Å². The van der Waals surface area contributed by atoms with Gasteiger partial charge in [-0.1, -0.05) is 12.1 Å². The zero-order chi connectivity index (χ0) is 13.5. The third-order valence-corrected chi connectivity index (χ3v) is 4.79. The van der Waals surface area contributed by atoms with Gasteiger partial charge in [0.2, 0.25) is 0 Å². The summed E-state index contributed by atoms with van der Waals surface area (Å²) in [6.07, 6.45) is 3.10. The summed E-state index contributed by atoms with van der Waals surface area (Å²) in [6, 6.07) is 8.58.